The first-order chi connectivity index (χ1) is 10.1. The molecule has 0 aliphatic rings. The largest absolute Gasteiger partial charge is 0.480 e. The van der Waals surface area contributed by atoms with Crippen LogP contribution < -0.4 is 0 Å². The van der Waals surface area contributed by atoms with E-state index >= 15 is 0 Å². The molecule has 0 aromatic rings. The highest BCUT2D eigenvalue weighted by Gasteiger charge is 2.21. The van der Waals surface area contributed by atoms with Crippen molar-refractivity contribution in [2.45, 2.75) is 19.4 Å². The Hall–Kier alpha value is -2.20. The van der Waals surface area contributed by atoms with Gasteiger partial charge in [-0.15, -0.1) is 0 Å². The maximum atomic E-state index is 10.7. The number of aliphatic carboxylic acids is 4. The van der Waals surface area contributed by atoms with Crippen LogP contribution >= 0.6 is 0 Å². The molecule has 0 radical (unpaired) electrons. The number of nitrogens with zero attached hydrogens (tertiary/aromatic N) is 2. The molecule has 0 aromatic carbocycles. The van der Waals surface area contributed by atoms with E-state index < -0.39 is 56.1 Å². The van der Waals surface area contributed by atoms with Crippen LogP contribution in [0, 0.1) is 0 Å². The molecular formula is C12H20N2O8. The lowest BCUT2D eigenvalue weighted by molar-refractivity contribution is -0.143. The molecule has 4 N–H and O–H groups in total. The van der Waals surface area contributed by atoms with Gasteiger partial charge in [0.1, 0.15) is 0 Å². The Labute approximate surface area is 126 Å². The van der Waals surface area contributed by atoms with Crippen LogP contribution in [0.25, 0.3) is 0 Å². The van der Waals surface area contributed by atoms with Crippen LogP contribution in [0.5, 0.6) is 0 Å². The van der Waals surface area contributed by atoms with E-state index in [9.17, 15) is 19.2 Å². The molecule has 0 saturated carbocycles. The summed E-state index contributed by atoms with van der Waals surface area (Å²) in [5, 5.41) is 34.9. The van der Waals surface area contributed by atoms with Crippen molar-refractivity contribution in [2.75, 3.05) is 32.7 Å². The summed E-state index contributed by atoms with van der Waals surface area (Å²) >= 11 is 0. The van der Waals surface area contributed by atoms with Crippen LogP contribution in [-0.4, -0.2) is 92.9 Å². The van der Waals surface area contributed by atoms with Crippen molar-refractivity contribution < 1.29 is 39.6 Å². The van der Waals surface area contributed by atoms with Gasteiger partial charge in [-0.1, -0.05) is 0 Å². The predicted molar refractivity (Wildman–Crippen MR) is 72.6 cm³/mol. The molecule has 0 aromatic heterocycles. The summed E-state index contributed by atoms with van der Waals surface area (Å²) in [6.07, 6.45) is 0.237. The summed E-state index contributed by atoms with van der Waals surface area (Å²) in [7, 11) is 0. The number of carboxylic acids is 4. The summed E-state index contributed by atoms with van der Waals surface area (Å²) in [5.41, 5.74) is 0. The second kappa shape index (κ2) is 9.68. The van der Waals surface area contributed by atoms with E-state index in [1.54, 1.807) is 6.92 Å². The van der Waals surface area contributed by atoms with Gasteiger partial charge in [0.05, 0.1) is 26.2 Å². The molecule has 0 spiro atoms. The molecule has 0 saturated heterocycles. The van der Waals surface area contributed by atoms with Crippen molar-refractivity contribution in [1.29, 1.82) is 0 Å². The average molecular weight is 320 g/mol. The number of rotatable bonds is 12. The molecule has 0 rings (SSSR count). The van der Waals surface area contributed by atoms with Gasteiger partial charge < -0.3 is 20.4 Å². The van der Waals surface area contributed by atoms with Gasteiger partial charge in [-0.2, -0.15) is 0 Å². The zero-order valence-corrected chi connectivity index (χ0v) is 12.1. The minimum absolute atomic E-state index is 0.0928. The van der Waals surface area contributed by atoms with E-state index in [1.165, 1.54) is 9.80 Å². The molecular weight excluding hydrogens is 300 g/mol. The molecule has 0 aliphatic carbocycles. The summed E-state index contributed by atoms with van der Waals surface area (Å²) in [6, 6.07) is -0.461. The maximum absolute atomic E-state index is 10.7. The first-order valence-electron chi connectivity index (χ1n) is 6.45. The fourth-order valence-electron chi connectivity index (χ4n) is 1.86. The summed E-state index contributed by atoms with van der Waals surface area (Å²) < 4.78 is 0. The number of carboxylic acid groups (broad SMARTS) is 4. The van der Waals surface area contributed by atoms with Crippen LogP contribution in [0.1, 0.15) is 13.3 Å². The minimum Gasteiger partial charge on any atom is -0.480 e. The Morgan fingerprint density at radius 2 is 1.14 bits per heavy atom. The molecule has 0 heterocycles. The third-order valence-corrected chi connectivity index (χ3v) is 2.88. The van der Waals surface area contributed by atoms with Gasteiger partial charge in [0, 0.05) is 12.6 Å². The zero-order valence-electron chi connectivity index (χ0n) is 12.1. The van der Waals surface area contributed by atoms with Crippen LogP contribution in [0.15, 0.2) is 0 Å². The van der Waals surface area contributed by atoms with E-state index in [2.05, 4.69) is 0 Å². The molecule has 0 fully saturated rings. The molecule has 0 bridgehead atoms. The third kappa shape index (κ3) is 9.66. The van der Waals surface area contributed by atoms with Crippen LogP contribution in [0.4, 0.5) is 0 Å². The lowest BCUT2D eigenvalue weighted by atomic mass is 10.2. The van der Waals surface area contributed by atoms with Crippen LogP contribution in [0.3, 0.4) is 0 Å². The normalized spacial score (nSPS) is 12.3. The topological polar surface area (TPSA) is 156 Å². The number of hydrogen-bond donors (Lipinski definition) is 4. The average Bonchev–Trinajstić information content (AvgIpc) is 2.32. The molecule has 10 nitrogen and oxygen atoms in total. The Morgan fingerprint density at radius 3 is 1.45 bits per heavy atom. The van der Waals surface area contributed by atoms with Crippen molar-refractivity contribution in [2.24, 2.45) is 0 Å². The van der Waals surface area contributed by atoms with E-state index in [0.717, 1.165) is 0 Å². The highest BCUT2D eigenvalue weighted by molar-refractivity contribution is 5.73. The van der Waals surface area contributed by atoms with E-state index in [1.807, 2.05) is 0 Å². The fraction of sp³-hybridized carbons (Fsp3) is 0.667. The highest BCUT2D eigenvalue weighted by Crippen LogP contribution is 2.05. The molecule has 22 heavy (non-hydrogen) atoms. The van der Waals surface area contributed by atoms with Gasteiger partial charge in [0.15, 0.2) is 0 Å². The molecule has 1 atom stereocenters. The Bertz CT molecular complexity index is 393. The molecule has 0 unspecified atom stereocenters. The van der Waals surface area contributed by atoms with Crippen molar-refractivity contribution in [1.82, 2.24) is 9.80 Å². The molecule has 10 heteroatoms. The van der Waals surface area contributed by atoms with Gasteiger partial charge in [-0.05, 0) is 13.3 Å². The van der Waals surface area contributed by atoms with Crippen molar-refractivity contribution in [3.8, 4) is 0 Å². The van der Waals surface area contributed by atoms with Gasteiger partial charge in [-0.3, -0.25) is 29.0 Å². The monoisotopic (exact) mass is 320 g/mol. The van der Waals surface area contributed by atoms with Crippen LogP contribution in [-0.2, 0) is 19.2 Å². The van der Waals surface area contributed by atoms with Gasteiger partial charge in [-0.25, -0.2) is 0 Å². The smallest absolute Gasteiger partial charge is 0.317 e. The van der Waals surface area contributed by atoms with Gasteiger partial charge >= 0.3 is 23.9 Å². The number of carbonyl (C=O) groups is 4. The van der Waals surface area contributed by atoms with E-state index in [0.29, 0.717) is 0 Å². The first-order valence-corrected chi connectivity index (χ1v) is 6.45. The number of hydrogen-bond acceptors (Lipinski definition) is 6. The first kappa shape index (κ1) is 19.8. The quantitative estimate of drug-likeness (QED) is 0.341. The van der Waals surface area contributed by atoms with Gasteiger partial charge in [0.2, 0.25) is 0 Å². The Balaban J connectivity index is 4.62. The minimum atomic E-state index is -1.18. The molecule has 0 aliphatic heterocycles. The maximum Gasteiger partial charge on any atom is 0.317 e. The Morgan fingerprint density at radius 1 is 0.773 bits per heavy atom. The standard InChI is InChI=1S/C12H20N2O8/c1-8(14(6-11(19)20)7-12(21)22)2-3-13(4-9(15)16)5-10(17)18/h8H,2-7H2,1H3,(H,15,16)(H,17,18)(H,19,20)(H,21,22)/t8-/m1/s1. The lowest BCUT2D eigenvalue weighted by Gasteiger charge is -2.28. The fourth-order valence-corrected chi connectivity index (χ4v) is 1.86. The summed E-state index contributed by atoms with van der Waals surface area (Å²) in [5.74, 6) is -4.72. The van der Waals surface area contributed by atoms with Crippen molar-refractivity contribution >= 4 is 23.9 Å². The lowest BCUT2D eigenvalue weighted by Crippen LogP contribution is -2.43. The Kier molecular flexibility index (Phi) is 8.72. The molecule has 126 valence electrons. The molecule has 0 amide bonds. The second-order valence-electron chi connectivity index (χ2n) is 4.83. The summed E-state index contributed by atoms with van der Waals surface area (Å²) in [4.78, 5) is 45.2. The van der Waals surface area contributed by atoms with E-state index in [-0.39, 0.29) is 13.0 Å². The van der Waals surface area contributed by atoms with Gasteiger partial charge in [0.25, 0.3) is 0 Å². The van der Waals surface area contributed by atoms with Crippen molar-refractivity contribution in [3.63, 3.8) is 0 Å². The highest BCUT2D eigenvalue weighted by atomic mass is 16.4. The van der Waals surface area contributed by atoms with Crippen LogP contribution in [0.2, 0.25) is 0 Å². The second-order valence-corrected chi connectivity index (χ2v) is 4.83. The zero-order chi connectivity index (χ0) is 17.3. The SMILES string of the molecule is C[C@H](CCN(CC(=O)O)CC(=O)O)N(CC(=O)O)CC(=O)O. The van der Waals surface area contributed by atoms with Crippen molar-refractivity contribution in [3.05, 3.63) is 0 Å². The van der Waals surface area contributed by atoms with E-state index in [4.69, 9.17) is 20.4 Å². The summed E-state index contributed by atoms with van der Waals surface area (Å²) in [6.45, 7) is -0.161. The predicted octanol–water partition coefficient (Wildman–Crippen LogP) is -1.29. The third-order valence-electron chi connectivity index (χ3n) is 2.88.